The molecule has 0 atom stereocenters. The second-order valence-electron chi connectivity index (χ2n) is 3.18. The Morgan fingerprint density at radius 2 is 1.67 bits per heavy atom. The summed E-state index contributed by atoms with van der Waals surface area (Å²) in [6.45, 7) is 3.75. The standard InChI is InChI=1S/C11H16O4/c1-8(2)6-5-7-9(10(12)14-3)11(13)15-4/h5,9H,7H2,1-4H3. The van der Waals surface area contributed by atoms with Crippen molar-refractivity contribution in [2.45, 2.75) is 20.3 Å². The fourth-order valence-electron chi connectivity index (χ4n) is 0.954. The van der Waals surface area contributed by atoms with E-state index in [0.29, 0.717) is 0 Å². The number of hydrogen-bond donors (Lipinski definition) is 0. The Hall–Kier alpha value is -1.54. The van der Waals surface area contributed by atoms with Crippen molar-refractivity contribution in [3.63, 3.8) is 0 Å². The smallest absolute Gasteiger partial charge is 0.320 e. The molecule has 84 valence electrons. The Balaban J connectivity index is 4.60. The molecule has 0 aromatic carbocycles. The van der Waals surface area contributed by atoms with Crippen LogP contribution in [0.1, 0.15) is 20.3 Å². The summed E-state index contributed by atoms with van der Waals surface area (Å²) >= 11 is 0. The normalized spacial score (nSPS) is 9.13. The van der Waals surface area contributed by atoms with Crippen molar-refractivity contribution in [1.29, 1.82) is 0 Å². The minimum absolute atomic E-state index is 0.241. The van der Waals surface area contributed by atoms with Gasteiger partial charge in [0.25, 0.3) is 0 Å². The number of ether oxygens (including phenoxy) is 2. The van der Waals surface area contributed by atoms with Gasteiger partial charge in [-0.25, -0.2) is 0 Å². The summed E-state index contributed by atoms with van der Waals surface area (Å²) in [5.41, 5.74) is 3.89. The minimum atomic E-state index is -0.896. The third-order valence-corrected chi connectivity index (χ3v) is 1.72. The number of rotatable bonds is 4. The lowest BCUT2D eigenvalue weighted by Gasteiger charge is -2.08. The monoisotopic (exact) mass is 212 g/mol. The van der Waals surface area contributed by atoms with Crippen molar-refractivity contribution in [2.24, 2.45) is 5.92 Å². The molecule has 0 spiro atoms. The van der Waals surface area contributed by atoms with E-state index in [4.69, 9.17) is 0 Å². The fourth-order valence-corrected chi connectivity index (χ4v) is 0.954. The first-order valence-corrected chi connectivity index (χ1v) is 4.57. The molecule has 0 heterocycles. The molecule has 0 saturated heterocycles. The molecule has 0 N–H and O–H groups in total. The van der Waals surface area contributed by atoms with E-state index < -0.39 is 17.9 Å². The molecule has 0 unspecified atom stereocenters. The van der Waals surface area contributed by atoms with Gasteiger partial charge in [-0.3, -0.25) is 9.59 Å². The van der Waals surface area contributed by atoms with Crippen LogP contribution in [0.25, 0.3) is 0 Å². The average Bonchev–Trinajstić information content (AvgIpc) is 2.22. The Kier molecular flexibility index (Phi) is 6.14. The van der Waals surface area contributed by atoms with Gasteiger partial charge in [0.1, 0.15) is 0 Å². The van der Waals surface area contributed by atoms with Gasteiger partial charge in [-0.2, -0.15) is 0 Å². The van der Waals surface area contributed by atoms with Crippen LogP contribution in [0.5, 0.6) is 0 Å². The SMILES string of the molecule is COC(=O)C(CC=C=C(C)C)C(=O)OC. The van der Waals surface area contributed by atoms with Crippen LogP contribution in [-0.2, 0) is 19.1 Å². The Morgan fingerprint density at radius 3 is 2.00 bits per heavy atom. The molecular formula is C11H16O4. The fraction of sp³-hybridized carbons (Fsp3) is 0.545. The van der Waals surface area contributed by atoms with Crippen molar-refractivity contribution in [3.8, 4) is 0 Å². The second-order valence-corrected chi connectivity index (χ2v) is 3.18. The van der Waals surface area contributed by atoms with Gasteiger partial charge in [0, 0.05) is 0 Å². The molecule has 4 nitrogen and oxygen atoms in total. The molecule has 0 aliphatic heterocycles. The van der Waals surface area contributed by atoms with Gasteiger partial charge in [0.2, 0.25) is 0 Å². The van der Waals surface area contributed by atoms with Crippen LogP contribution in [0.15, 0.2) is 17.4 Å². The molecule has 0 aromatic heterocycles. The predicted octanol–water partition coefficient (Wildman–Crippen LogP) is 1.46. The molecule has 0 aliphatic carbocycles. The quantitative estimate of drug-likeness (QED) is 0.402. The summed E-state index contributed by atoms with van der Waals surface area (Å²) in [6, 6.07) is 0. The van der Waals surface area contributed by atoms with Crippen molar-refractivity contribution in [1.82, 2.24) is 0 Å². The number of carbonyl (C=O) groups is 2. The van der Waals surface area contributed by atoms with E-state index in [-0.39, 0.29) is 6.42 Å². The summed E-state index contributed by atoms with van der Waals surface area (Å²) < 4.78 is 9.00. The Labute approximate surface area is 89.6 Å². The van der Waals surface area contributed by atoms with Crippen molar-refractivity contribution in [3.05, 3.63) is 17.4 Å². The lowest BCUT2D eigenvalue weighted by molar-refractivity contribution is -0.158. The summed E-state index contributed by atoms with van der Waals surface area (Å²) in [6.07, 6.45) is 1.87. The summed E-state index contributed by atoms with van der Waals surface area (Å²) in [7, 11) is 2.48. The van der Waals surface area contributed by atoms with Gasteiger partial charge in [-0.05, 0) is 31.9 Å². The van der Waals surface area contributed by atoms with E-state index in [2.05, 4.69) is 15.2 Å². The highest BCUT2D eigenvalue weighted by Gasteiger charge is 2.26. The average molecular weight is 212 g/mol. The number of carbonyl (C=O) groups excluding carboxylic acids is 2. The third-order valence-electron chi connectivity index (χ3n) is 1.72. The molecular weight excluding hydrogens is 196 g/mol. The van der Waals surface area contributed by atoms with Crippen LogP contribution in [0, 0.1) is 5.92 Å². The van der Waals surface area contributed by atoms with Crippen molar-refractivity contribution >= 4 is 11.9 Å². The van der Waals surface area contributed by atoms with Crippen molar-refractivity contribution < 1.29 is 19.1 Å². The molecule has 0 bridgehead atoms. The van der Waals surface area contributed by atoms with Crippen LogP contribution in [0.2, 0.25) is 0 Å². The van der Waals surface area contributed by atoms with Gasteiger partial charge in [0.15, 0.2) is 5.92 Å². The lowest BCUT2D eigenvalue weighted by atomic mass is 10.1. The molecule has 0 fully saturated rings. The van der Waals surface area contributed by atoms with E-state index in [1.165, 1.54) is 14.2 Å². The van der Waals surface area contributed by atoms with E-state index in [0.717, 1.165) is 5.57 Å². The van der Waals surface area contributed by atoms with E-state index in [1.807, 2.05) is 13.8 Å². The number of hydrogen-bond acceptors (Lipinski definition) is 4. The van der Waals surface area contributed by atoms with Crippen LogP contribution >= 0.6 is 0 Å². The van der Waals surface area contributed by atoms with E-state index >= 15 is 0 Å². The van der Waals surface area contributed by atoms with Gasteiger partial charge >= 0.3 is 11.9 Å². The molecule has 4 heteroatoms. The lowest BCUT2D eigenvalue weighted by Crippen LogP contribution is -2.25. The Morgan fingerprint density at radius 1 is 1.20 bits per heavy atom. The topological polar surface area (TPSA) is 52.6 Å². The Bertz CT molecular complexity index is 278. The van der Waals surface area contributed by atoms with Gasteiger partial charge in [0.05, 0.1) is 14.2 Å². The molecule has 0 aromatic rings. The minimum Gasteiger partial charge on any atom is -0.468 e. The third kappa shape index (κ3) is 5.03. The van der Waals surface area contributed by atoms with E-state index in [1.54, 1.807) is 6.08 Å². The molecule has 0 amide bonds. The maximum atomic E-state index is 11.2. The van der Waals surface area contributed by atoms with Gasteiger partial charge < -0.3 is 9.47 Å². The molecule has 0 rings (SSSR count). The molecule has 0 aliphatic rings. The summed E-state index contributed by atoms with van der Waals surface area (Å²) in [5.74, 6) is -2.07. The van der Waals surface area contributed by atoms with Crippen LogP contribution < -0.4 is 0 Å². The number of esters is 2. The first kappa shape index (κ1) is 13.5. The van der Waals surface area contributed by atoms with Crippen molar-refractivity contribution in [2.75, 3.05) is 14.2 Å². The first-order chi connectivity index (χ1) is 7.02. The highest BCUT2D eigenvalue weighted by atomic mass is 16.5. The van der Waals surface area contributed by atoms with Gasteiger partial charge in [-0.15, -0.1) is 5.73 Å². The largest absolute Gasteiger partial charge is 0.468 e. The van der Waals surface area contributed by atoms with Crippen LogP contribution in [-0.4, -0.2) is 26.2 Å². The van der Waals surface area contributed by atoms with Crippen LogP contribution in [0.4, 0.5) is 0 Å². The number of methoxy groups -OCH3 is 2. The predicted molar refractivity (Wildman–Crippen MR) is 55.1 cm³/mol. The zero-order valence-corrected chi connectivity index (χ0v) is 9.49. The molecule has 15 heavy (non-hydrogen) atoms. The zero-order chi connectivity index (χ0) is 11.8. The van der Waals surface area contributed by atoms with Crippen LogP contribution in [0.3, 0.4) is 0 Å². The highest BCUT2D eigenvalue weighted by molar-refractivity contribution is 5.94. The molecule has 0 saturated carbocycles. The summed E-state index contributed by atoms with van der Waals surface area (Å²) in [5, 5.41) is 0. The highest BCUT2D eigenvalue weighted by Crippen LogP contribution is 2.08. The maximum absolute atomic E-state index is 11.2. The molecule has 0 radical (unpaired) electrons. The second kappa shape index (κ2) is 6.85. The zero-order valence-electron chi connectivity index (χ0n) is 9.49. The number of allylic oxidation sites excluding steroid dienone is 1. The van der Waals surface area contributed by atoms with Gasteiger partial charge in [-0.1, -0.05) is 0 Å². The maximum Gasteiger partial charge on any atom is 0.320 e. The summed E-state index contributed by atoms with van der Waals surface area (Å²) in [4.78, 5) is 22.4. The van der Waals surface area contributed by atoms with E-state index in [9.17, 15) is 9.59 Å². The first-order valence-electron chi connectivity index (χ1n) is 4.57.